The summed E-state index contributed by atoms with van der Waals surface area (Å²) in [7, 11) is 0. The maximum atomic E-state index is 12.3. The van der Waals surface area contributed by atoms with Gasteiger partial charge in [0.05, 0.1) is 0 Å². The van der Waals surface area contributed by atoms with Crippen molar-refractivity contribution in [3.05, 3.63) is 35.9 Å². The van der Waals surface area contributed by atoms with Crippen LogP contribution in [0.3, 0.4) is 0 Å². The summed E-state index contributed by atoms with van der Waals surface area (Å²) in [6.45, 7) is 6.51. The van der Waals surface area contributed by atoms with Crippen molar-refractivity contribution >= 4 is 12.0 Å². The van der Waals surface area contributed by atoms with Gasteiger partial charge in [-0.1, -0.05) is 30.3 Å². The second-order valence-electron chi connectivity index (χ2n) is 6.54. The largest absolute Gasteiger partial charge is 0.444 e. The van der Waals surface area contributed by atoms with E-state index in [1.54, 1.807) is 0 Å². The van der Waals surface area contributed by atoms with Crippen LogP contribution < -0.4 is 5.32 Å². The molecule has 0 bridgehead atoms. The molecule has 0 saturated carbocycles. The summed E-state index contributed by atoms with van der Waals surface area (Å²) in [5, 5.41) is 2.90. The van der Waals surface area contributed by atoms with Crippen LogP contribution in [-0.2, 0) is 16.1 Å². The van der Waals surface area contributed by atoms with Crippen molar-refractivity contribution in [2.75, 3.05) is 6.54 Å². The van der Waals surface area contributed by atoms with Gasteiger partial charge < -0.3 is 10.1 Å². The molecule has 1 heterocycles. The number of hydrogen-bond donors (Lipinski definition) is 1. The first kappa shape index (κ1) is 16.3. The number of carbonyl (C=O) groups is 2. The van der Waals surface area contributed by atoms with Crippen molar-refractivity contribution in [3.63, 3.8) is 0 Å². The minimum atomic E-state index is -0.551. The second kappa shape index (κ2) is 6.81. The number of nitrogens with zero attached hydrogens (tertiary/aromatic N) is 1. The molecule has 0 spiro atoms. The van der Waals surface area contributed by atoms with Crippen molar-refractivity contribution in [2.45, 2.75) is 51.8 Å². The first-order valence-electron chi connectivity index (χ1n) is 7.68. The monoisotopic (exact) mass is 304 g/mol. The van der Waals surface area contributed by atoms with Crippen LogP contribution in [0.5, 0.6) is 0 Å². The number of carbonyl (C=O) groups excluding carboxylic acids is 2. The van der Waals surface area contributed by atoms with E-state index in [2.05, 4.69) is 5.32 Å². The Bertz CT molecular complexity index is 522. The van der Waals surface area contributed by atoms with E-state index in [9.17, 15) is 9.59 Å². The molecule has 1 fully saturated rings. The summed E-state index contributed by atoms with van der Waals surface area (Å²) in [5.74, 6) is -0.118. The molecule has 5 heteroatoms. The van der Waals surface area contributed by atoms with Crippen molar-refractivity contribution in [1.82, 2.24) is 10.2 Å². The molecular weight excluding hydrogens is 280 g/mol. The zero-order chi connectivity index (χ0) is 16.2. The maximum Gasteiger partial charge on any atom is 0.410 e. The van der Waals surface area contributed by atoms with Gasteiger partial charge in [-0.2, -0.15) is 0 Å². The van der Waals surface area contributed by atoms with Gasteiger partial charge >= 0.3 is 6.09 Å². The van der Waals surface area contributed by atoms with Gasteiger partial charge in [-0.05, 0) is 39.2 Å². The quantitative estimate of drug-likeness (QED) is 0.934. The number of likely N-dealkylation sites (tertiary alicyclic amines) is 1. The van der Waals surface area contributed by atoms with E-state index in [-0.39, 0.29) is 5.91 Å². The van der Waals surface area contributed by atoms with Crippen LogP contribution >= 0.6 is 0 Å². The molecular formula is C17H24N2O3. The third-order valence-corrected chi connectivity index (χ3v) is 3.49. The highest BCUT2D eigenvalue weighted by Gasteiger charge is 2.36. The topological polar surface area (TPSA) is 58.6 Å². The van der Waals surface area contributed by atoms with E-state index >= 15 is 0 Å². The van der Waals surface area contributed by atoms with Crippen LogP contribution in [0.4, 0.5) is 4.79 Å². The Morgan fingerprint density at radius 3 is 2.59 bits per heavy atom. The molecule has 5 nitrogen and oxygen atoms in total. The smallest absolute Gasteiger partial charge is 0.410 e. The van der Waals surface area contributed by atoms with Gasteiger partial charge in [0, 0.05) is 13.1 Å². The number of amides is 2. The van der Waals surface area contributed by atoms with E-state index in [1.807, 2.05) is 51.1 Å². The Kier molecular flexibility index (Phi) is 5.06. The number of ether oxygens (including phenoxy) is 1. The number of nitrogens with one attached hydrogen (secondary N) is 1. The SMILES string of the molecule is CC(C)(C)OC(=O)N1CCC[C@@H]1C(=O)NCc1ccccc1. The highest BCUT2D eigenvalue weighted by Crippen LogP contribution is 2.21. The zero-order valence-corrected chi connectivity index (χ0v) is 13.5. The van der Waals surface area contributed by atoms with Crippen molar-refractivity contribution < 1.29 is 14.3 Å². The summed E-state index contributed by atoms with van der Waals surface area (Å²) < 4.78 is 5.37. The van der Waals surface area contributed by atoms with Crippen molar-refractivity contribution in [2.24, 2.45) is 0 Å². The molecule has 22 heavy (non-hydrogen) atoms. The molecule has 1 saturated heterocycles. The zero-order valence-electron chi connectivity index (χ0n) is 13.5. The summed E-state index contributed by atoms with van der Waals surface area (Å²) in [4.78, 5) is 26.0. The molecule has 1 atom stereocenters. The fourth-order valence-corrected chi connectivity index (χ4v) is 2.48. The molecule has 1 aromatic carbocycles. The molecule has 2 amide bonds. The van der Waals surface area contributed by atoms with Gasteiger partial charge in [0.15, 0.2) is 0 Å². The molecule has 0 unspecified atom stereocenters. The third-order valence-electron chi connectivity index (χ3n) is 3.49. The van der Waals surface area contributed by atoms with Gasteiger partial charge in [0.25, 0.3) is 0 Å². The number of hydrogen-bond acceptors (Lipinski definition) is 3. The van der Waals surface area contributed by atoms with E-state index in [0.29, 0.717) is 19.5 Å². The molecule has 0 aromatic heterocycles. The van der Waals surface area contributed by atoms with Crippen LogP contribution in [0.2, 0.25) is 0 Å². The average Bonchev–Trinajstić information content (AvgIpc) is 2.93. The molecule has 1 aliphatic heterocycles. The highest BCUT2D eigenvalue weighted by atomic mass is 16.6. The van der Waals surface area contributed by atoms with Crippen LogP contribution in [0.25, 0.3) is 0 Å². The van der Waals surface area contributed by atoms with Crippen LogP contribution in [-0.4, -0.2) is 35.1 Å². The lowest BCUT2D eigenvalue weighted by atomic mass is 10.2. The lowest BCUT2D eigenvalue weighted by Gasteiger charge is -2.28. The third kappa shape index (κ3) is 4.48. The predicted molar refractivity (Wildman–Crippen MR) is 84.3 cm³/mol. The lowest BCUT2D eigenvalue weighted by Crippen LogP contribution is -2.47. The van der Waals surface area contributed by atoms with Gasteiger partial charge in [0.2, 0.25) is 5.91 Å². The van der Waals surface area contributed by atoms with Crippen molar-refractivity contribution in [3.8, 4) is 0 Å². The number of benzene rings is 1. The first-order valence-corrected chi connectivity index (χ1v) is 7.68. The Morgan fingerprint density at radius 1 is 1.27 bits per heavy atom. The molecule has 0 radical (unpaired) electrons. The Hall–Kier alpha value is -2.04. The van der Waals surface area contributed by atoms with Gasteiger partial charge in [-0.15, -0.1) is 0 Å². The average molecular weight is 304 g/mol. The number of rotatable bonds is 3. The Balaban J connectivity index is 1.92. The van der Waals surface area contributed by atoms with Gasteiger partial charge in [-0.25, -0.2) is 4.79 Å². The highest BCUT2D eigenvalue weighted by molar-refractivity contribution is 5.86. The second-order valence-corrected chi connectivity index (χ2v) is 6.54. The lowest BCUT2D eigenvalue weighted by molar-refractivity contribution is -0.125. The van der Waals surface area contributed by atoms with E-state index < -0.39 is 17.7 Å². The Morgan fingerprint density at radius 2 is 1.95 bits per heavy atom. The molecule has 2 rings (SSSR count). The van der Waals surface area contributed by atoms with E-state index in [0.717, 1.165) is 12.0 Å². The van der Waals surface area contributed by atoms with Gasteiger partial charge in [-0.3, -0.25) is 9.69 Å². The van der Waals surface area contributed by atoms with Crippen LogP contribution in [0.15, 0.2) is 30.3 Å². The fourth-order valence-electron chi connectivity index (χ4n) is 2.48. The maximum absolute atomic E-state index is 12.3. The first-order chi connectivity index (χ1) is 10.4. The molecule has 1 N–H and O–H groups in total. The van der Waals surface area contributed by atoms with E-state index in [1.165, 1.54) is 4.90 Å². The summed E-state index contributed by atoms with van der Waals surface area (Å²) in [6.07, 6.45) is 1.09. The minimum absolute atomic E-state index is 0.118. The molecule has 1 aliphatic rings. The van der Waals surface area contributed by atoms with Crippen LogP contribution in [0.1, 0.15) is 39.2 Å². The molecule has 120 valence electrons. The van der Waals surface area contributed by atoms with Gasteiger partial charge in [0.1, 0.15) is 11.6 Å². The summed E-state index contributed by atoms with van der Waals surface area (Å²) in [6, 6.07) is 9.29. The van der Waals surface area contributed by atoms with E-state index in [4.69, 9.17) is 4.74 Å². The van der Waals surface area contributed by atoms with Crippen molar-refractivity contribution in [1.29, 1.82) is 0 Å². The minimum Gasteiger partial charge on any atom is -0.444 e. The summed E-state index contributed by atoms with van der Waals surface area (Å²) in [5.41, 5.74) is 0.489. The normalized spacial score (nSPS) is 18.1. The Labute approximate surface area is 131 Å². The summed E-state index contributed by atoms with van der Waals surface area (Å²) >= 11 is 0. The molecule has 0 aliphatic carbocycles. The fraction of sp³-hybridized carbons (Fsp3) is 0.529. The molecule has 1 aromatic rings. The van der Waals surface area contributed by atoms with Crippen LogP contribution in [0, 0.1) is 0 Å². The predicted octanol–water partition coefficient (Wildman–Crippen LogP) is 2.70. The standard InChI is InChI=1S/C17H24N2O3/c1-17(2,3)22-16(21)19-11-7-10-14(19)15(20)18-12-13-8-5-4-6-9-13/h4-6,8-9,14H,7,10-12H2,1-3H3,(H,18,20)/t14-/m1/s1.